The Balaban J connectivity index is 1.85. The van der Waals surface area contributed by atoms with E-state index < -0.39 is 0 Å². The highest BCUT2D eigenvalue weighted by atomic mass is 79.9. The van der Waals surface area contributed by atoms with Crippen LogP contribution in [0.15, 0.2) is 22.7 Å². The lowest BCUT2D eigenvalue weighted by Crippen LogP contribution is -2.31. The van der Waals surface area contributed by atoms with Gasteiger partial charge in [-0.2, -0.15) is 0 Å². The van der Waals surface area contributed by atoms with E-state index in [0.29, 0.717) is 12.6 Å². The van der Waals surface area contributed by atoms with Crippen LogP contribution in [0, 0.1) is 6.92 Å². The minimum atomic E-state index is 0.0739. The van der Waals surface area contributed by atoms with Crippen LogP contribution < -0.4 is 10.6 Å². The van der Waals surface area contributed by atoms with Crippen LogP contribution in [0.2, 0.25) is 0 Å². The number of rotatable bonds is 4. The van der Waals surface area contributed by atoms with Crippen molar-refractivity contribution in [1.82, 2.24) is 5.32 Å². The van der Waals surface area contributed by atoms with E-state index in [0.717, 1.165) is 28.6 Å². The van der Waals surface area contributed by atoms with E-state index in [1.165, 1.54) is 0 Å². The fourth-order valence-electron chi connectivity index (χ4n) is 1.51. The van der Waals surface area contributed by atoms with Crippen LogP contribution in [0.3, 0.4) is 0 Å². The molecule has 0 aromatic heterocycles. The average molecular weight is 283 g/mol. The molecular weight excluding hydrogens is 268 g/mol. The van der Waals surface area contributed by atoms with Crippen LogP contribution in [-0.2, 0) is 4.79 Å². The summed E-state index contributed by atoms with van der Waals surface area (Å²) in [5, 5.41) is 6.08. The van der Waals surface area contributed by atoms with Gasteiger partial charge in [-0.15, -0.1) is 0 Å². The van der Waals surface area contributed by atoms with Gasteiger partial charge in [0.2, 0.25) is 5.91 Å². The first-order valence-corrected chi connectivity index (χ1v) is 6.24. The Labute approximate surface area is 104 Å². The molecule has 0 spiro atoms. The van der Waals surface area contributed by atoms with Gasteiger partial charge in [-0.1, -0.05) is 15.9 Å². The Kier molecular flexibility index (Phi) is 3.49. The topological polar surface area (TPSA) is 41.1 Å². The van der Waals surface area contributed by atoms with E-state index >= 15 is 0 Å². The molecule has 1 aromatic rings. The van der Waals surface area contributed by atoms with Crippen LogP contribution in [0.4, 0.5) is 5.69 Å². The molecule has 86 valence electrons. The summed E-state index contributed by atoms with van der Waals surface area (Å²) in [5.41, 5.74) is 2.14. The molecule has 0 radical (unpaired) electrons. The van der Waals surface area contributed by atoms with Gasteiger partial charge in [0.25, 0.3) is 0 Å². The van der Waals surface area contributed by atoms with E-state index in [1.807, 2.05) is 25.1 Å². The Morgan fingerprint density at radius 3 is 2.88 bits per heavy atom. The molecule has 1 fully saturated rings. The quantitative estimate of drug-likeness (QED) is 0.891. The zero-order valence-electron chi connectivity index (χ0n) is 9.22. The fraction of sp³-hybridized carbons (Fsp3) is 0.417. The molecule has 3 nitrogen and oxygen atoms in total. The van der Waals surface area contributed by atoms with Crippen LogP contribution in [0.1, 0.15) is 18.4 Å². The van der Waals surface area contributed by atoms with Gasteiger partial charge >= 0.3 is 0 Å². The van der Waals surface area contributed by atoms with E-state index in [4.69, 9.17) is 0 Å². The number of carbonyl (C=O) groups excluding carboxylic acids is 1. The molecule has 2 N–H and O–H groups in total. The molecular formula is C12H15BrN2O. The summed E-state index contributed by atoms with van der Waals surface area (Å²) in [6.07, 6.45) is 2.26. The maximum absolute atomic E-state index is 11.5. The molecule has 1 amide bonds. The highest BCUT2D eigenvalue weighted by Crippen LogP contribution is 2.20. The van der Waals surface area contributed by atoms with Gasteiger partial charge in [-0.05, 0) is 43.5 Å². The van der Waals surface area contributed by atoms with Crippen LogP contribution >= 0.6 is 15.9 Å². The normalized spacial score (nSPS) is 14.6. The smallest absolute Gasteiger partial charge is 0.239 e. The van der Waals surface area contributed by atoms with E-state index in [-0.39, 0.29) is 5.91 Å². The van der Waals surface area contributed by atoms with Gasteiger partial charge in [0.05, 0.1) is 6.54 Å². The van der Waals surface area contributed by atoms with E-state index in [2.05, 4.69) is 26.6 Å². The van der Waals surface area contributed by atoms with Crippen molar-refractivity contribution in [2.45, 2.75) is 25.8 Å². The number of amides is 1. The Morgan fingerprint density at radius 2 is 2.25 bits per heavy atom. The monoisotopic (exact) mass is 282 g/mol. The third-order valence-electron chi connectivity index (χ3n) is 2.57. The molecule has 16 heavy (non-hydrogen) atoms. The average Bonchev–Trinajstić information content (AvgIpc) is 3.00. The first-order valence-electron chi connectivity index (χ1n) is 5.44. The maximum atomic E-state index is 11.5. The van der Waals surface area contributed by atoms with Crippen molar-refractivity contribution >= 4 is 27.5 Å². The number of hydrogen-bond acceptors (Lipinski definition) is 2. The number of hydrogen-bond donors (Lipinski definition) is 2. The second-order valence-corrected chi connectivity index (χ2v) is 5.07. The minimum Gasteiger partial charge on any atom is -0.376 e. The lowest BCUT2D eigenvalue weighted by molar-refractivity contribution is -0.119. The number of carbonyl (C=O) groups is 1. The number of nitrogens with one attached hydrogen (secondary N) is 2. The first kappa shape index (κ1) is 11.5. The summed E-state index contributed by atoms with van der Waals surface area (Å²) in [6, 6.07) is 6.40. The van der Waals surface area contributed by atoms with Crippen molar-refractivity contribution in [3.63, 3.8) is 0 Å². The molecule has 1 aliphatic rings. The van der Waals surface area contributed by atoms with Crippen molar-refractivity contribution in [3.8, 4) is 0 Å². The minimum absolute atomic E-state index is 0.0739. The third-order valence-corrected chi connectivity index (χ3v) is 3.06. The summed E-state index contributed by atoms with van der Waals surface area (Å²) < 4.78 is 1.05. The van der Waals surface area contributed by atoms with Gasteiger partial charge in [0.1, 0.15) is 0 Å². The summed E-state index contributed by atoms with van der Waals surface area (Å²) in [7, 11) is 0. The van der Waals surface area contributed by atoms with E-state index in [1.54, 1.807) is 0 Å². The van der Waals surface area contributed by atoms with E-state index in [9.17, 15) is 4.79 Å². The largest absolute Gasteiger partial charge is 0.376 e. The highest BCUT2D eigenvalue weighted by molar-refractivity contribution is 9.10. The van der Waals surface area contributed by atoms with Gasteiger partial charge in [0, 0.05) is 16.2 Å². The molecule has 0 bridgehead atoms. The molecule has 0 saturated heterocycles. The summed E-state index contributed by atoms with van der Waals surface area (Å²) >= 11 is 3.41. The van der Waals surface area contributed by atoms with Crippen molar-refractivity contribution in [2.75, 3.05) is 11.9 Å². The molecule has 4 heteroatoms. The van der Waals surface area contributed by atoms with Crippen molar-refractivity contribution in [1.29, 1.82) is 0 Å². The molecule has 1 aliphatic carbocycles. The fourth-order valence-corrected chi connectivity index (χ4v) is 1.98. The SMILES string of the molecule is Cc1cc(Br)ccc1NCC(=O)NC1CC1. The Morgan fingerprint density at radius 1 is 1.50 bits per heavy atom. The lowest BCUT2D eigenvalue weighted by atomic mass is 10.2. The van der Waals surface area contributed by atoms with Crippen molar-refractivity contribution < 1.29 is 4.79 Å². The summed E-state index contributed by atoms with van der Waals surface area (Å²) in [6.45, 7) is 2.37. The second-order valence-electron chi connectivity index (χ2n) is 4.15. The molecule has 1 aromatic carbocycles. The Hall–Kier alpha value is -1.03. The molecule has 2 rings (SSSR count). The first-order chi connectivity index (χ1) is 7.65. The molecule has 1 saturated carbocycles. The molecule has 0 aliphatic heterocycles. The molecule has 0 unspecified atom stereocenters. The lowest BCUT2D eigenvalue weighted by Gasteiger charge is -2.09. The predicted molar refractivity (Wildman–Crippen MR) is 68.5 cm³/mol. The van der Waals surface area contributed by atoms with Crippen LogP contribution in [0.25, 0.3) is 0 Å². The van der Waals surface area contributed by atoms with Crippen LogP contribution in [-0.4, -0.2) is 18.5 Å². The third kappa shape index (κ3) is 3.23. The maximum Gasteiger partial charge on any atom is 0.239 e. The van der Waals surface area contributed by atoms with Gasteiger partial charge in [-0.25, -0.2) is 0 Å². The van der Waals surface area contributed by atoms with Gasteiger partial charge in [0.15, 0.2) is 0 Å². The number of aryl methyl sites for hydroxylation is 1. The second kappa shape index (κ2) is 4.87. The van der Waals surface area contributed by atoms with Crippen molar-refractivity contribution in [2.24, 2.45) is 0 Å². The summed E-state index contributed by atoms with van der Waals surface area (Å²) in [5.74, 6) is 0.0739. The van der Waals surface area contributed by atoms with Crippen LogP contribution in [0.5, 0.6) is 0 Å². The predicted octanol–water partition coefficient (Wildman–Crippen LogP) is 2.45. The summed E-state index contributed by atoms with van der Waals surface area (Å²) in [4.78, 5) is 11.5. The number of anilines is 1. The molecule has 0 heterocycles. The van der Waals surface area contributed by atoms with Gasteiger partial charge < -0.3 is 10.6 Å². The van der Waals surface area contributed by atoms with Gasteiger partial charge in [-0.3, -0.25) is 4.79 Å². The number of halogens is 1. The number of benzene rings is 1. The zero-order valence-corrected chi connectivity index (χ0v) is 10.8. The zero-order chi connectivity index (χ0) is 11.5. The molecule has 0 atom stereocenters. The Bertz CT molecular complexity index is 402. The van der Waals surface area contributed by atoms with Crippen molar-refractivity contribution in [3.05, 3.63) is 28.2 Å². The highest BCUT2D eigenvalue weighted by Gasteiger charge is 2.22. The standard InChI is InChI=1S/C12H15BrN2O/c1-8-6-9(13)2-5-11(8)14-7-12(16)15-10-3-4-10/h2,5-6,10,14H,3-4,7H2,1H3,(H,15,16).